The van der Waals surface area contributed by atoms with Gasteiger partial charge in [0.1, 0.15) is 47.0 Å². The molecule has 7 aliphatic heterocycles. The Morgan fingerprint density at radius 2 is 1.50 bits per heavy atom. The lowest BCUT2D eigenvalue weighted by molar-refractivity contribution is -0.868. The van der Waals surface area contributed by atoms with Crippen molar-refractivity contribution >= 4 is 46.8 Å². The summed E-state index contributed by atoms with van der Waals surface area (Å²) in [4.78, 5) is 73.6. The molecule has 4 aromatic rings. The van der Waals surface area contributed by atoms with Crippen molar-refractivity contribution in [3.8, 4) is 11.5 Å². The van der Waals surface area contributed by atoms with Crippen LogP contribution in [0.3, 0.4) is 0 Å². The van der Waals surface area contributed by atoms with Gasteiger partial charge in [-0.1, -0.05) is 23.3 Å². The quantitative estimate of drug-likeness (QED) is 0.185. The number of likely N-dealkylation sites (tertiary alicyclic amines) is 3. The number of nitrogens with two attached hydrogens (primary N) is 1. The zero-order chi connectivity index (χ0) is 47.7. The molecule has 3 unspecified atom stereocenters. The van der Waals surface area contributed by atoms with Crippen molar-refractivity contribution in [3.05, 3.63) is 101 Å². The average molecular weight is 950 g/mol. The van der Waals surface area contributed by atoms with Gasteiger partial charge in [0, 0.05) is 95.1 Å². The molecule has 17 heteroatoms. The number of para-hydroxylation sites is 1. The van der Waals surface area contributed by atoms with Crippen LogP contribution in [0.4, 0.5) is 22.1 Å². The largest absolute Gasteiger partial charge is 0.457 e. The Hall–Kier alpha value is -6.43. The van der Waals surface area contributed by atoms with Gasteiger partial charge in [0.05, 0.1) is 6.54 Å². The number of carbonyl (C=O) groups is 4. The molecule has 4 N–H and O–H groups in total. The fourth-order valence-corrected chi connectivity index (χ4v) is 11.9. The molecule has 5 amide bonds. The second-order valence-corrected chi connectivity index (χ2v) is 20.4. The summed E-state index contributed by atoms with van der Waals surface area (Å²) >= 11 is 0. The van der Waals surface area contributed by atoms with E-state index in [0.717, 1.165) is 174 Å². The van der Waals surface area contributed by atoms with Gasteiger partial charge in [-0.2, -0.15) is 9.99 Å². The number of benzene rings is 3. The van der Waals surface area contributed by atoms with Crippen molar-refractivity contribution in [2.75, 3.05) is 89.2 Å². The summed E-state index contributed by atoms with van der Waals surface area (Å²) in [5, 5.41) is 8.65. The van der Waals surface area contributed by atoms with Crippen LogP contribution in [0.25, 0.3) is 0 Å². The minimum Gasteiger partial charge on any atom is -0.457 e. The van der Waals surface area contributed by atoms with E-state index in [2.05, 4.69) is 40.9 Å². The number of piperidine rings is 4. The Kier molecular flexibility index (Phi) is 13.2. The zero-order valence-electron chi connectivity index (χ0n) is 40.0. The smallest absolute Gasteiger partial charge is 0.319 e. The van der Waals surface area contributed by atoms with E-state index in [-0.39, 0.29) is 36.2 Å². The topological polar surface area (TPSA) is 178 Å². The minimum absolute atomic E-state index is 0.134. The summed E-state index contributed by atoms with van der Waals surface area (Å²) in [7, 11) is 0. The number of hydrogen-bond acceptors (Lipinski definition) is 12. The molecule has 366 valence electrons. The Bertz CT molecular complexity index is 2610. The number of fused-ring (bicyclic) bond motifs is 2. The van der Waals surface area contributed by atoms with Gasteiger partial charge in [0.25, 0.3) is 11.7 Å². The molecule has 0 radical (unpaired) electrons. The maximum absolute atomic E-state index is 13.8. The molecule has 17 nitrogen and oxygen atoms in total. The van der Waals surface area contributed by atoms with Crippen LogP contribution in [0.1, 0.15) is 84.8 Å². The second-order valence-electron chi connectivity index (χ2n) is 20.4. The highest BCUT2D eigenvalue weighted by molar-refractivity contribution is 6.18. The number of nitrogen functional groups attached to an aromatic ring is 1. The monoisotopic (exact) mass is 950 g/mol. The third-order valence-corrected chi connectivity index (χ3v) is 16.0. The zero-order valence-corrected chi connectivity index (χ0v) is 40.0. The first-order valence-corrected chi connectivity index (χ1v) is 25.6. The molecule has 0 spiro atoms. The molecule has 0 bridgehead atoms. The molecular weight excluding hydrogens is 885 g/mol. The minimum atomic E-state index is -0.600. The number of amides is 5. The fraction of sp³-hybridized carbons (Fsp3) is 0.491. The normalized spacial score (nSPS) is 23.9. The molecular formula is C53H65N12O5+. The predicted molar refractivity (Wildman–Crippen MR) is 265 cm³/mol. The van der Waals surface area contributed by atoms with E-state index in [1.807, 2.05) is 66.7 Å². The molecule has 5 saturated heterocycles. The number of aromatic nitrogens is 2. The number of carbonyl (C=O) groups excluding carboxylic acids is 4. The molecule has 0 aliphatic carbocycles. The van der Waals surface area contributed by atoms with Crippen LogP contribution in [0.5, 0.6) is 11.5 Å². The molecule has 5 fully saturated rings. The number of urea groups is 1. The highest BCUT2D eigenvalue weighted by Gasteiger charge is 2.42. The van der Waals surface area contributed by atoms with Gasteiger partial charge in [0.15, 0.2) is 0 Å². The molecule has 3 aromatic carbocycles. The van der Waals surface area contributed by atoms with Gasteiger partial charge in [-0.3, -0.25) is 29.5 Å². The van der Waals surface area contributed by atoms with E-state index in [9.17, 15) is 19.2 Å². The van der Waals surface area contributed by atoms with Crippen LogP contribution in [0, 0.1) is 11.8 Å². The van der Waals surface area contributed by atoms with Crippen molar-refractivity contribution in [2.24, 2.45) is 16.9 Å². The van der Waals surface area contributed by atoms with E-state index in [4.69, 9.17) is 20.6 Å². The number of quaternary nitrogens is 1. The fourth-order valence-electron chi connectivity index (χ4n) is 11.9. The van der Waals surface area contributed by atoms with Crippen molar-refractivity contribution in [2.45, 2.75) is 76.4 Å². The average Bonchev–Trinajstić information content (AvgIpc) is 3.95. The van der Waals surface area contributed by atoms with Crippen molar-refractivity contribution < 1.29 is 28.9 Å². The van der Waals surface area contributed by atoms with Gasteiger partial charge in [-0.15, -0.1) is 0 Å². The second kappa shape index (κ2) is 20.1. The molecule has 8 heterocycles. The number of imide groups is 1. The van der Waals surface area contributed by atoms with Crippen molar-refractivity contribution in [3.63, 3.8) is 0 Å². The van der Waals surface area contributed by atoms with E-state index in [0.29, 0.717) is 36.2 Å². The predicted octanol–water partition coefficient (Wildman–Crippen LogP) is 4.12. The lowest BCUT2D eigenvalue weighted by Crippen LogP contribution is -3.07. The summed E-state index contributed by atoms with van der Waals surface area (Å²) in [6.45, 7) is 11.6. The standard InChI is InChI=1S/C53H64N12O5/c54-49-47-48(38-8-11-43(12-9-38)70-42-6-2-1-3-7-42)58-65(50(47)56-35-55-49)41-5-4-21-60(34-41)32-37-19-25-63(26-20-37)53(69)62-23-17-36(18-24-62)16-22-59-27-29-61(30-28-59)40-10-13-44-39(31-40)33-64(52(44)68)45-14-15-46(66)57-51(45)67/h1-3,6-13,31,35-37,41,45H,4-5,14-30,32-34H2,(H2,54,55,56)(H,57,66,67)/p+1. The SMILES string of the molecule is Nc1ncnc2c1C(c1ccc(Oc3ccccc3)cc1)=N[NH+]2C1CCCN(CC2CCN(C(=O)N3CCC(CCN4CCN(c5ccc6c(c5)CN(C5CCC(=O)NC5=O)C6=O)CC4)CC3)CC2)C1. The van der Waals surface area contributed by atoms with E-state index in [1.54, 1.807) is 11.2 Å². The lowest BCUT2D eigenvalue weighted by atomic mass is 9.93. The molecule has 70 heavy (non-hydrogen) atoms. The maximum atomic E-state index is 13.8. The number of anilines is 2. The van der Waals surface area contributed by atoms with E-state index in [1.165, 1.54) is 0 Å². The first-order chi connectivity index (χ1) is 34.2. The molecule has 3 atom stereocenters. The number of nitrogens with zero attached hydrogens (tertiary/aromatic N) is 9. The van der Waals surface area contributed by atoms with Gasteiger partial charge in [-0.25, -0.2) is 9.78 Å². The summed E-state index contributed by atoms with van der Waals surface area (Å²) in [6, 6.07) is 23.7. The van der Waals surface area contributed by atoms with Gasteiger partial charge in [-0.05, 0) is 130 Å². The van der Waals surface area contributed by atoms with Crippen LogP contribution in [-0.2, 0) is 16.1 Å². The summed E-state index contributed by atoms with van der Waals surface area (Å²) < 4.78 is 6.05. The summed E-state index contributed by atoms with van der Waals surface area (Å²) in [5.41, 5.74) is 11.8. The summed E-state index contributed by atoms with van der Waals surface area (Å²) in [5.74, 6) is 3.24. The number of piperazine rings is 1. The van der Waals surface area contributed by atoms with Crippen LogP contribution < -0.4 is 25.7 Å². The summed E-state index contributed by atoms with van der Waals surface area (Å²) in [6.07, 6.45) is 9.66. The van der Waals surface area contributed by atoms with Gasteiger partial charge < -0.3 is 30.1 Å². The van der Waals surface area contributed by atoms with Crippen LogP contribution in [0.15, 0.2) is 84.2 Å². The first-order valence-electron chi connectivity index (χ1n) is 25.6. The lowest BCUT2D eigenvalue weighted by Gasteiger charge is -2.41. The number of nitrogens with one attached hydrogen (secondary N) is 2. The van der Waals surface area contributed by atoms with E-state index >= 15 is 0 Å². The maximum Gasteiger partial charge on any atom is 0.319 e. The van der Waals surface area contributed by atoms with E-state index < -0.39 is 6.04 Å². The number of rotatable bonds is 11. The number of hydrogen-bond donors (Lipinski definition) is 3. The Labute approximate surface area is 409 Å². The van der Waals surface area contributed by atoms with Crippen LogP contribution in [-0.4, -0.2) is 155 Å². The third-order valence-electron chi connectivity index (χ3n) is 16.0. The Balaban J connectivity index is 0.602. The molecule has 7 aliphatic rings. The van der Waals surface area contributed by atoms with Gasteiger partial charge >= 0.3 is 6.03 Å². The van der Waals surface area contributed by atoms with Crippen molar-refractivity contribution in [1.82, 2.24) is 39.8 Å². The highest BCUT2D eigenvalue weighted by atomic mass is 16.5. The first kappa shape index (κ1) is 46.0. The van der Waals surface area contributed by atoms with Crippen LogP contribution in [0.2, 0.25) is 0 Å². The molecule has 11 rings (SSSR count). The van der Waals surface area contributed by atoms with Crippen molar-refractivity contribution in [1.29, 1.82) is 0 Å². The Morgan fingerprint density at radius 1 is 0.771 bits per heavy atom. The number of ether oxygens (including phenoxy) is 1. The van der Waals surface area contributed by atoms with Crippen LogP contribution >= 0.6 is 0 Å². The molecule has 0 saturated carbocycles. The third kappa shape index (κ3) is 9.70. The van der Waals surface area contributed by atoms with Gasteiger partial charge in [0.2, 0.25) is 11.8 Å². The highest BCUT2D eigenvalue weighted by Crippen LogP contribution is 2.33. The molecule has 1 aromatic heterocycles. The Morgan fingerprint density at radius 3 is 2.24 bits per heavy atom.